The molecule has 2 atom stereocenters. The SMILES string of the molecule is CCc1cccc(CNCC(OC(=O)CCC(=O)Nc2sc3c(c2C(N)=O)CCCC3)C(N)Cc2cc(F)cc(F)c2)c1. The number of nitrogens with two attached hydrogens (primary N) is 2. The van der Waals surface area contributed by atoms with E-state index in [9.17, 15) is 23.2 Å². The lowest BCUT2D eigenvalue weighted by Crippen LogP contribution is -2.46. The van der Waals surface area contributed by atoms with Gasteiger partial charge in [0.05, 0.1) is 12.0 Å². The largest absolute Gasteiger partial charge is 0.459 e. The molecule has 1 heterocycles. The summed E-state index contributed by atoms with van der Waals surface area (Å²) in [6.07, 6.45) is 3.30. The standard InChI is InChI=1S/C32H38F2N4O4S/c1-2-19-6-5-7-20(12-19)17-37-18-26(25(35)15-21-13-22(33)16-23(34)14-21)42-29(40)11-10-28(39)38-32-30(31(36)41)24-8-3-4-9-27(24)43-32/h5-7,12-14,16,25-26,37H,2-4,8-11,15,17-18,35H2,1H3,(H2,36,41)(H,38,39). The highest BCUT2D eigenvalue weighted by Crippen LogP contribution is 2.38. The molecule has 2 amide bonds. The first-order valence-corrected chi connectivity index (χ1v) is 15.4. The van der Waals surface area contributed by atoms with E-state index in [1.807, 2.05) is 18.2 Å². The number of fused-ring (bicyclic) bond motifs is 1. The number of amides is 2. The lowest BCUT2D eigenvalue weighted by Gasteiger charge is -2.25. The Morgan fingerprint density at radius 1 is 1.00 bits per heavy atom. The lowest BCUT2D eigenvalue weighted by molar-refractivity contribution is -0.150. The van der Waals surface area contributed by atoms with Gasteiger partial charge in [0.1, 0.15) is 22.7 Å². The monoisotopic (exact) mass is 612 g/mol. The Bertz CT molecular complexity index is 1440. The van der Waals surface area contributed by atoms with Gasteiger partial charge in [0.15, 0.2) is 0 Å². The number of halogens is 2. The molecule has 1 aromatic heterocycles. The molecule has 0 spiro atoms. The highest BCUT2D eigenvalue weighted by molar-refractivity contribution is 7.17. The number of hydrogen-bond acceptors (Lipinski definition) is 7. The summed E-state index contributed by atoms with van der Waals surface area (Å²) in [7, 11) is 0. The van der Waals surface area contributed by atoms with Crippen molar-refractivity contribution in [2.75, 3.05) is 11.9 Å². The van der Waals surface area contributed by atoms with Crippen LogP contribution < -0.4 is 22.1 Å². The van der Waals surface area contributed by atoms with Crippen LogP contribution in [0, 0.1) is 11.6 Å². The van der Waals surface area contributed by atoms with Crippen LogP contribution >= 0.6 is 11.3 Å². The third-order valence-corrected chi connectivity index (χ3v) is 8.66. The number of carbonyl (C=O) groups excluding carboxylic acids is 3. The molecule has 0 radical (unpaired) electrons. The number of aryl methyl sites for hydroxylation is 2. The van der Waals surface area contributed by atoms with Gasteiger partial charge in [-0.2, -0.15) is 0 Å². The number of rotatable bonds is 14. The minimum absolute atomic E-state index is 0.0685. The molecule has 0 aliphatic heterocycles. The van der Waals surface area contributed by atoms with Gasteiger partial charge < -0.3 is 26.8 Å². The smallest absolute Gasteiger partial charge is 0.306 e. The number of thiophene rings is 1. The van der Waals surface area contributed by atoms with Crippen molar-refractivity contribution >= 4 is 34.1 Å². The maximum atomic E-state index is 13.8. The predicted octanol–water partition coefficient (Wildman–Crippen LogP) is 4.56. The molecule has 0 fully saturated rings. The molecule has 11 heteroatoms. The van der Waals surface area contributed by atoms with E-state index in [0.717, 1.165) is 54.2 Å². The van der Waals surface area contributed by atoms with Crippen molar-refractivity contribution in [3.8, 4) is 0 Å². The second-order valence-electron chi connectivity index (χ2n) is 10.8. The van der Waals surface area contributed by atoms with E-state index < -0.39 is 41.6 Å². The number of nitrogens with one attached hydrogen (secondary N) is 2. The fourth-order valence-corrected chi connectivity index (χ4v) is 6.59. The second-order valence-corrected chi connectivity index (χ2v) is 11.9. The van der Waals surface area contributed by atoms with Crippen molar-refractivity contribution in [1.82, 2.24) is 5.32 Å². The molecule has 8 nitrogen and oxygen atoms in total. The summed E-state index contributed by atoms with van der Waals surface area (Å²) in [5.74, 6) is -3.11. The highest BCUT2D eigenvalue weighted by atomic mass is 32.1. The van der Waals surface area contributed by atoms with E-state index in [1.165, 1.54) is 29.0 Å². The third kappa shape index (κ3) is 9.16. The Morgan fingerprint density at radius 3 is 2.44 bits per heavy atom. The van der Waals surface area contributed by atoms with Crippen LogP contribution in [0.2, 0.25) is 0 Å². The predicted molar refractivity (Wildman–Crippen MR) is 163 cm³/mol. The molecule has 0 bridgehead atoms. The first-order chi connectivity index (χ1) is 20.6. The molecular formula is C32H38F2N4O4S. The first kappa shape index (κ1) is 32.2. The number of ether oxygens (including phenoxy) is 1. The van der Waals surface area contributed by atoms with E-state index >= 15 is 0 Å². The summed E-state index contributed by atoms with van der Waals surface area (Å²) >= 11 is 1.35. The Morgan fingerprint density at radius 2 is 1.72 bits per heavy atom. The van der Waals surface area contributed by atoms with Crippen LogP contribution in [-0.4, -0.2) is 36.5 Å². The molecule has 2 aromatic carbocycles. The molecule has 4 rings (SSSR count). The minimum Gasteiger partial charge on any atom is -0.459 e. The van der Waals surface area contributed by atoms with E-state index in [-0.39, 0.29) is 25.8 Å². The summed E-state index contributed by atoms with van der Waals surface area (Å²) in [5, 5.41) is 6.42. The molecular weight excluding hydrogens is 574 g/mol. The van der Waals surface area contributed by atoms with E-state index in [4.69, 9.17) is 16.2 Å². The van der Waals surface area contributed by atoms with Crippen molar-refractivity contribution in [1.29, 1.82) is 0 Å². The summed E-state index contributed by atoms with van der Waals surface area (Å²) in [4.78, 5) is 38.8. The van der Waals surface area contributed by atoms with Gasteiger partial charge in [-0.1, -0.05) is 31.2 Å². The van der Waals surface area contributed by atoms with Gasteiger partial charge in [-0.25, -0.2) is 8.78 Å². The molecule has 43 heavy (non-hydrogen) atoms. The second kappa shape index (κ2) is 15.2. The summed E-state index contributed by atoms with van der Waals surface area (Å²) in [6, 6.07) is 10.5. The number of benzene rings is 2. The Hall–Kier alpha value is -3.67. The third-order valence-electron chi connectivity index (χ3n) is 7.46. The van der Waals surface area contributed by atoms with Crippen molar-refractivity contribution in [2.45, 2.75) is 77.0 Å². The number of esters is 1. The number of carbonyl (C=O) groups is 3. The van der Waals surface area contributed by atoms with Crippen LogP contribution in [0.1, 0.15) is 70.1 Å². The number of hydrogen-bond donors (Lipinski definition) is 4. The summed E-state index contributed by atoms with van der Waals surface area (Å²) < 4.78 is 33.2. The van der Waals surface area contributed by atoms with E-state index in [2.05, 4.69) is 23.6 Å². The van der Waals surface area contributed by atoms with Gasteiger partial charge in [0, 0.05) is 36.5 Å². The zero-order valence-electron chi connectivity index (χ0n) is 24.2. The number of primary amides is 1. The zero-order valence-corrected chi connectivity index (χ0v) is 25.0. The molecule has 3 aromatic rings. The Kier molecular flexibility index (Phi) is 11.4. The van der Waals surface area contributed by atoms with Crippen molar-refractivity contribution in [2.24, 2.45) is 11.5 Å². The Balaban J connectivity index is 1.37. The van der Waals surface area contributed by atoms with Crippen molar-refractivity contribution in [3.05, 3.63) is 86.8 Å². The quantitative estimate of drug-likeness (QED) is 0.197. The minimum atomic E-state index is -0.832. The van der Waals surface area contributed by atoms with Crippen LogP contribution in [0.25, 0.3) is 0 Å². The fraction of sp³-hybridized carbons (Fsp3) is 0.406. The van der Waals surface area contributed by atoms with Gasteiger partial charge in [-0.15, -0.1) is 11.3 Å². The molecule has 0 saturated heterocycles. The van der Waals surface area contributed by atoms with Gasteiger partial charge in [-0.05, 0) is 72.9 Å². The van der Waals surface area contributed by atoms with Crippen molar-refractivity contribution in [3.63, 3.8) is 0 Å². The van der Waals surface area contributed by atoms with Gasteiger partial charge in [-0.3, -0.25) is 14.4 Å². The van der Waals surface area contributed by atoms with E-state index in [1.54, 1.807) is 0 Å². The van der Waals surface area contributed by atoms with Crippen molar-refractivity contribution < 1.29 is 27.9 Å². The van der Waals surface area contributed by atoms with Gasteiger partial charge in [0.25, 0.3) is 5.91 Å². The van der Waals surface area contributed by atoms with Gasteiger partial charge in [0.2, 0.25) is 5.91 Å². The van der Waals surface area contributed by atoms with Gasteiger partial charge >= 0.3 is 5.97 Å². The average molecular weight is 613 g/mol. The molecule has 6 N–H and O–H groups in total. The van der Waals surface area contributed by atoms with Crippen LogP contribution in [0.3, 0.4) is 0 Å². The molecule has 0 saturated carbocycles. The Labute approximate surface area is 254 Å². The highest BCUT2D eigenvalue weighted by Gasteiger charge is 2.26. The number of anilines is 1. The zero-order chi connectivity index (χ0) is 30.9. The molecule has 1 aliphatic rings. The summed E-state index contributed by atoms with van der Waals surface area (Å²) in [5.41, 5.74) is 15.8. The first-order valence-electron chi connectivity index (χ1n) is 14.6. The van der Waals surface area contributed by atoms with Crippen LogP contribution in [-0.2, 0) is 46.6 Å². The fourth-order valence-electron chi connectivity index (χ4n) is 5.28. The topological polar surface area (TPSA) is 137 Å². The average Bonchev–Trinajstić information content (AvgIpc) is 3.33. The molecule has 1 aliphatic carbocycles. The lowest BCUT2D eigenvalue weighted by atomic mass is 9.95. The van der Waals surface area contributed by atoms with Crippen LogP contribution in [0.4, 0.5) is 13.8 Å². The summed E-state index contributed by atoms with van der Waals surface area (Å²) in [6.45, 7) is 2.76. The molecule has 230 valence electrons. The molecule has 2 unspecified atom stereocenters. The van der Waals surface area contributed by atoms with E-state index in [0.29, 0.717) is 22.7 Å². The van der Waals surface area contributed by atoms with Crippen LogP contribution in [0.5, 0.6) is 0 Å². The maximum Gasteiger partial charge on any atom is 0.306 e. The maximum absolute atomic E-state index is 13.8. The van der Waals surface area contributed by atoms with Crippen LogP contribution in [0.15, 0.2) is 42.5 Å². The normalized spacial score (nSPS) is 14.0.